The number of nitrogens with zero attached hydrogens (tertiary/aromatic N) is 1. The third-order valence-electron chi connectivity index (χ3n) is 3.81. The van der Waals surface area contributed by atoms with Crippen LogP contribution < -0.4 is 10.2 Å². The van der Waals surface area contributed by atoms with E-state index in [0.29, 0.717) is 11.1 Å². The van der Waals surface area contributed by atoms with Crippen molar-refractivity contribution in [1.29, 1.82) is 0 Å². The lowest BCUT2D eigenvalue weighted by atomic mass is 10.0. The van der Waals surface area contributed by atoms with E-state index in [1.165, 1.54) is 25.5 Å². The summed E-state index contributed by atoms with van der Waals surface area (Å²) in [6.07, 6.45) is 1.43. The molecule has 0 heterocycles. The maximum Gasteiger partial charge on any atom is 0.271 e. The van der Waals surface area contributed by atoms with Crippen molar-refractivity contribution in [2.24, 2.45) is 5.10 Å². The molecule has 0 spiro atoms. The summed E-state index contributed by atoms with van der Waals surface area (Å²) in [7, 11) is 1.39. The molecular formula is C21H17FN2O2. The molecule has 0 aliphatic carbocycles. The van der Waals surface area contributed by atoms with Gasteiger partial charge in [0.15, 0.2) is 11.6 Å². The Morgan fingerprint density at radius 1 is 1.00 bits per heavy atom. The van der Waals surface area contributed by atoms with Crippen LogP contribution in [0.15, 0.2) is 77.9 Å². The van der Waals surface area contributed by atoms with Crippen molar-refractivity contribution in [2.45, 2.75) is 0 Å². The smallest absolute Gasteiger partial charge is 0.271 e. The van der Waals surface area contributed by atoms with E-state index in [1.807, 2.05) is 42.5 Å². The molecule has 1 amide bonds. The third kappa shape index (κ3) is 4.13. The number of carbonyl (C=O) groups excluding carboxylic acids is 1. The number of hydrogen-bond donors (Lipinski definition) is 1. The lowest BCUT2D eigenvalue weighted by Crippen LogP contribution is -2.17. The molecular weight excluding hydrogens is 331 g/mol. The molecule has 26 heavy (non-hydrogen) atoms. The van der Waals surface area contributed by atoms with E-state index in [9.17, 15) is 9.18 Å². The Labute approximate surface area is 150 Å². The molecule has 0 aromatic heterocycles. The highest BCUT2D eigenvalue weighted by atomic mass is 19.1. The molecule has 0 aliphatic heterocycles. The number of methoxy groups -OCH3 is 1. The molecule has 130 valence electrons. The first kappa shape index (κ1) is 17.4. The first-order valence-corrected chi connectivity index (χ1v) is 8.00. The van der Waals surface area contributed by atoms with Crippen molar-refractivity contribution in [3.05, 3.63) is 89.7 Å². The second kappa shape index (κ2) is 8.07. The van der Waals surface area contributed by atoms with Gasteiger partial charge < -0.3 is 4.74 Å². The Morgan fingerprint density at radius 3 is 2.38 bits per heavy atom. The second-order valence-electron chi connectivity index (χ2n) is 5.54. The molecule has 0 radical (unpaired) electrons. The third-order valence-corrected chi connectivity index (χ3v) is 3.81. The lowest BCUT2D eigenvalue weighted by molar-refractivity contribution is 0.0955. The summed E-state index contributed by atoms with van der Waals surface area (Å²) in [6.45, 7) is 0. The summed E-state index contributed by atoms with van der Waals surface area (Å²) < 4.78 is 18.3. The number of rotatable bonds is 5. The predicted octanol–water partition coefficient (Wildman–Crippen LogP) is 4.27. The summed E-state index contributed by atoms with van der Waals surface area (Å²) in [4.78, 5) is 12.2. The van der Waals surface area contributed by atoms with Crippen LogP contribution in [-0.4, -0.2) is 19.2 Å². The van der Waals surface area contributed by atoms with Crippen LogP contribution >= 0.6 is 0 Å². The summed E-state index contributed by atoms with van der Waals surface area (Å²) in [5.74, 6) is -0.654. The molecule has 0 aliphatic rings. The number of hydrazone groups is 1. The molecule has 5 heteroatoms. The van der Waals surface area contributed by atoms with Crippen molar-refractivity contribution in [1.82, 2.24) is 5.43 Å². The molecule has 3 aromatic carbocycles. The highest BCUT2D eigenvalue weighted by Gasteiger charge is 2.05. The summed E-state index contributed by atoms with van der Waals surface area (Å²) in [5.41, 5.74) is 5.68. The van der Waals surface area contributed by atoms with Crippen LogP contribution in [0, 0.1) is 5.82 Å². The van der Waals surface area contributed by atoms with E-state index in [2.05, 4.69) is 10.5 Å². The Morgan fingerprint density at radius 2 is 1.69 bits per heavy atom. The fraction of sp³-hybridized carbons (Fsp3) is 0.0476. The highest BCUT2D eigenvalue weighted by Crippen LogP contribution is 2.19. The Hall–Kier alpha value is -3.47. The van der Waals surface area contributed by atoms with Gasteiger partial charge >= 0.3 is 0 Å². The molecule has 0 unspecified atom stereocenters. The van der Waals surface area contributed by atoms with Gasteiger partial charge in [-0.05, 0) is 41.0 Å². The molecule has 0 bridgehead atoms. The van der Waals surface area contributed by atoms with Gasteiger partial charge in [0.05, 0.1) is 13.3 Å². The fourth-order valence-corrected chi connectivity index (χ4v) is 2.43. The molecule has 0 saturated heterocycles. The molecule has 0 atom stereocenters. The number of nitrogens with one attached hydrogen (secondary N) is 1. The van der Waals surface area contributed by atoms with E-state index in [4.69, 9.17) is 4.74 Å². The Bertz CT molecular complexity index is 923. The number of ether oxygens (including phenoxy) is 1. The van der Waals surface area contributed by atoms with Crippen molar-refractivity contribution < 1.29 is 13.9 Å². The van der Waals surface area contributed by atoms with Crippen molar-refractivity contribution in [2.75, 3.05) is 7.11 Å². The van der Waals surface area contributed by atoms with Gasteiger partial charge in [0.1, 0.15) is 0 Å². The summed E-state index contributed by atoms with van der Waals surface area (Å²) >= 11 is 0. The van der Waals surface area contributed by atoms with Crippen LogP contribution in [0.1, 0.15) is 15.9 Å². The molecule has 3 aromatic rings. The van der Waals surface area contributed by atoms with E-state index < -0.39 is 5.82 Å². The second-order valence-corrected chi connectivity index (χ2v) is 5.54. The van der Waals surface area contributed by atoms with E-state index in [-0.39, 0.29) is 11.7 Å². The van der Waals surface area contributed by atoms with E-state index >= 15 is 0 Å². The Kier molecular flexibility index (Phi) is 5.39. The van der Waals surface area contributed by atoms with Crippen LogP contribution in [-0.2, 0) is 0 Å². The lowest BCUT2D eigenvalue weighted by Gasteiger charge is -2.04. The average Bonchev–Trinajstić information content (AvgIpc) is 2.70. The minimum absolute atomic E-state index is 0.122. The van der Waals surface area contributed by atoms with Crippen LogP contribution in [0.4, 0.5) is 4.39 Å². The largest absolute Gasteiger partial charge is 0.494 e. The maximum atomic E-state index is 13.4. The monoisotopic (exact) mass is 348 g/mol. The standard InChI is InChI=1S/C21H17FN2O2/c1-26-20-13-15(7-12-19(20)22)14-23-24-21(25)18-10-8-17(9-11-18)16-5-3-2-4-6-16/h2-14H,1H3,(H,24,25)/b23-14+. The van der Waals surface area contributed by atoms with Crippen LogP contribution in [0.3, 0.4) is 0 Å². The average molecular weight is 348 g/mol. The molecule has 1 N–H and O–H groups in total. The molecule has 0 fully saturated rings. The maximum absolute atomic E-state index is 13.4. The number of hydrogen-bond acceptors (Lipinski definition) is 3. The summed E-state index contributed by atoms with van der Waals surface area (Å²) in [5, 5.41) is 3.90. The van der Waals surface area contributed by atoms with E-state index in [0.717, 1.165) is 11.1 Å². The highest BCUT2D eigenvalue weighted by molar-refractivity contribution is 5.95. The van der Waals surface area contributed by atoms with Crippen LogP contribution in [0.5, 0.6) is 5.75 Å². The predicted molar refractivity (Wildman–Crippen MR) is 99.9 cm³/mol. The minimum Gasteiger partial charge on any atom is -0.494 e. The normalized spacial score (nSPS) is 10.7. The molecule has 0 saturated carbocycles. The van der Waals surface area contributed by atoms with Gasteiger partial charge in [-0.25, -0.2) is 9.82 Å². The quantitative estimate of drug-likeness (QED) is 0.553. The molecule has 4 nitrogen and oxygen atoms in total. The summed E-state index contributed by atoms with van der Waals surface area (Å²) in [6, 6.07) is 21.5. The zero-order valence-corrected chi connectivity index (χ0v) is 14.1. The zero-order valence-electron chi connectivity index (χ0n) is 14.1. The SMILES string of the molecule is COc1cc(/C=N/NC(=O)c2ccc(-c3ccccc3)cc2)ccc1F. The first-order chi connectivity index (χ1) is 12.7. The van der Waals surface area contributed by atoms with Gasteiger partial charge in [0, 0.05) is 5.56 Å². The van der Waals surface area contributed by atoms with Crippen molar-refractivity contribution in [3.8, 4) is 16.9 Å². The number of carbonyl (C=O) groups is 1. The topological polar surface area (TPSA) is 50.7 Å². The van der Waals surface area contributed by atoms with Gasteiger partial charge in [0.25, 0.3) is 5.91 Å². The molecule has 3 rings (SSSR count). The number of benzene rings is 3. The van der Waals surface area contributed by atoms with E-state index in [1.54, 1.807) is 18.2 Å². The Balaban J connectivity index is 1.65. The van der Waals surface area contributed by atoms with Crippen molar-refractivity contribution >= 4 is 12.1 Å². The van der Waals surface area contributed by atoms with Gasteiger partial charge in [-0.2, -0.15) is 5.10 Å². The van der Waals surface area contributed by atoms with Crippen LogP contribution in [0.25, 0.3) is 11.1 Å². The van der Waals surface area contributed by atoms with Crippen molar-refractivity contribution in [3.63, 3.8) is 0 Å². The number of halogens is 1. The first-order valence-electron chi connectivity index (χ1n) is 8.00. The van der Waals surface area contributed by atoms with Gasteiger partial charge in [-0.15, -0.1) is 0 Å². The fourth-order valence-electron chi connectivity index (χ4n) is 2.43. The van der Waals surface area contributed by atoms with Crippen LogP contribution in [0.2, 0.25) is 0 Å². The van der Waals surface area contributed by atoms with Gasteiger partial charge in [0.2, 0.25) is 0 Å². The van der Waals surface area contributed by atoms with Gasteiger partial charge in [-0.1, -0.05) is 48.5 Å². The minimum atomic E-state index is -0.452. The zero-order chi connectivity index (χ0) is 18.4. The number of amides is 1. The van der Waals surface area contributed by atoms with Gasteiger partial charge in [-0.3, -0.25) is 4.79 Å².